The van der Waals surface area contributed by atoms with Crippen LogP contribution in [0.25, 0.3) is 0 Å². The molecule has 0 amide bonds. The van der Waals surface area contributed by atoms with Crippen LogP contribution in [0.15, 0.2) is 23.8 Å². The molecule has 1 unspecified atom stereocenters. The van der Waals surface area contributed by atoms with E-state index in [-0.39, 0.29) is 6.42 Å². The van der Waals surface area contributed by atoms with E-state index >= 15 is 0 Å². The van der Waals surface area contributed by atoms with Crippen molar-refractivity contribution >= 4 is 17.9 Å². The van der Waals surface area contributed by atoms with Crippen molar-refractivity contribution in [3.63, 3.8) is 0 Å². The van der Waals surface area contributed by atoms with E-state index in [1.165, 1.54) is 39.8 Å². The first kappa shape index (κ1) is 24.8. The first-order chi connectivity index (χ1) is 15.6. The molecule has 0 aromatic heterocycles. The number of epoxide rings is 1. The Bertz CT molecular complexity index is 984. The van der Waals surface area contributed by atoms with Gasteiger partial charge >= 0.3 is 17.9 Å². The van der Waals surface area contributed by atoms with Crippen molar-refractivity contribution in [2.45, 2.75) is 95.3 Å². The SMILES string of the molecule is CC(=O)O[C@@H]1[C@H]2[C@](C)(O)[C@H](O)C=C[C@@]2(C)[C@@H](O)[C@H](OC(C)=O)C/C(C)=C\[C@@H]2OC(=O)[C@]3(C)OC213. The smallest absolute Gasteiger partial charge is 0.342 e. The van der Waals surface area contributed by atoms with Gasteiger partial charge in [-0.3, -0.25) is 9.59 Å². The van der Waals surface area contributed by atoms with E-state index in [2.05, 4.69) is 0 Å². The minimum Gasteiger partial charge on any atom is -0.459 e. The van der Waals surface area contributed by atoms with Crippen molar-refractivity contribution in [2.75, 3.05) is 0 Å². The van der Waals surface area contributed by atoms with Gasteiger partial charge < -0.3 is 34.3 Å². The van der Waals surface area contributed by atoms with Crippen molar-refractivity contribution in [1.82, 2.24) is 0 Å². The van der Waals surface area contributed by atoms with Crippen LogP contribution in [0.2, 0.25) is 0 Å². The van der Waals surface area contributed by atoms with Gasteiger partial charge in [0, 0.05) is 31.6 Å². The molecule has 34 heavy (non-hydrogen) atoms. The fraction of sp³-hybridized carbons (Fsp3) is 0.708. The van der Waals surface area contributed by atoms with Gasteiger partial charge in [0.15, 0.2) is 17.3 Å². The molecular formula is C24H32O10. The Balaban J connectivity index is 2.00. The van der Waals surface area contributed by atoms with Crippen LogP contribution in [-0.4, -0.2) is 80.6 Å². The summed E-state index contributed by atoms with van der Waals surface area (Å²) < 4.78 is 22.9. The number of ether oxygens (including phenoxy) is 4. The van der Waals surface area contributed by atoms with Crippen LogP contribution in [0.3, 0.4) is 0 Å². The third-order valence-corrected chi connectivity index (χ3v) is 7.94. The molecule has 10 atom stereocenters. The van der Waals surface area contributed by atoms with Crippen LogP contribution in [0.5, 0.6) is 0 Å². The maximum Gasteiger partial charge on any atom is 0.342 e. The van der Waals surface area contributed by atoms with E-state index in [9.17, 15) is 29.7 Å². The van der Waals surface area contributed by atoms with Crippen molar-refractivity contribution < 1.29 is 48.7 Å². The highest BCUT2D eigenvalue weighted by molar-refractivity contribution is 5.89. The Morgan fingerprint density at radius 2 is 1.74 bits per heavy atom. The van der Waals surface area contributed by atoms with Gasteiger partial charge in [-0.1, -0.05) is 24.6 Å². The molecule has 0 radical (unpaired) electrons. The second kappa shape index (κ2) is 7.61. The summed E-state index contributed by atoms with van der Waals surface area (Å²) in [6, 6.07) is 0. The molecule has 2 aliphatic heterocycles. The maximum absolute atomic E-state index is 12.8. The van der Waals surface area contributed by atoms with E-state index in [0.29, 0.717) is 5.57 Å². The van der Waals surface area contributed by atoms with E-state index in [4.69, 9.17) is 18.9 Å². The molecule has 0 bridgehead atoms. The minimum atomic E-state index is -1.94. The number of rotatable bonds is 2. The van der Waals surface area contributed by atoms with Crippen molar-refractivity contribution in [3.05, 3.63) is 23.8 Å². The molecule has 0 saturated carbocycles. The fourth-order valence-electron chi connectivity index (χ4n) is 6.19. The third-order valence-electron chi connectivity index (χ3n) is 7.94. The molecule has 2 saturated heterocycles. The Labute approximate surface area is 197 Å². The van der Waals surface area contributed by atoms with E-state index < -0.39 is 76.6 Å². The predicted octanol–water partition coefficient (Wildman–Crippen LogP) is 0.318. The maximum atomic E-state index is 12.8. The van der Waals surface area contributed by atoms with Crippen molar-refractivity contribution in [3.8, 4) is 0 Å². The highest BCUT2D eigenvalue weighted by Gasteiger charge is 2.87. The summed E-state index contributed by atoms with van der Waals surface area (Å²) in [6.07, 6.45) is -1.48. The van der Waals surface area contributed by atoms with Crippen LogP contribution < -0.4 is 0 Å². The van der Waals surface area contributed by atoms with Crippen LogP contribution in [0.1, 0.15) is 48.0 Å². The molecule has 3 N–H and O–H groups in total. The number of carbonyl (C=O) groups is 3. The van der Waals surface area contributed by atoms with E-state index in [0.717, 1.165) is 0 Å². The molecule has 4 aliphatic rings. The second-order valence-electron chi connectivity index (χ2n) is 10.5. The van der Waals surface area contributed by atoms with Gasteiger partial charge in [0.05, 0.1) is 5.60 Å². The monoisotopic (exact) mass is 480 g/mol. The molecule has 0 aromatic rings. The van der Waals surface area contributed by atoms with Gasteiger partial charge in [-0.2, -0.15) is 0 Å². The Kier molecular flexibility index (Phi) is 5.56. The molecule has 0 aromatic carbocycles. The van der Waals surface area contributed by atoms with Crippen LogP contribution in [0.4, 0.5) is 0 Å². The average molecular weight is 481 g/mol. The second-order valence-corrected chi connectivity index (χ2v) is 10.5. The first-order valence-corrected chi connectivity index (χ1v) is 11.3. The zero-order valence-electron chi connectivity index (χ0n) is 20.1. The summed E-state index contributed by atoms with van der Waals surface area (Å²) in [5.74, 6) is -3.16. The summed E-state index contributed by atoms with van der Waals surface area (Å²) in [4.78, 5) is 37.0. The molecule has 2 aliphatic carbocycles. The zero-order valence-corrected chi connectivity index (χ0v) is 20.1. The molecule has 1 spiro atoms. The van der Waals surface area contributed by atoms with Crippen molar-refractivity contribution in [2.24, 2.45) is 11.3 Å². The van der Waals surface area contributed by atoms with Crippen LogP contribution in [0, 0.1) is 11.3 Å². The number of esters is 3. The average Bonchev–Trinajstić information content (AvgIpc) is 3.29. The Morgan fingerprint density at radius 3 is 2.29 bits per heavy atom. The quantitative estimate of drug-likeness (QED) is 0.218. The fourth-order valence-corrected chi connectivity index (χ4v) is 6.19. The van der Waals surface area contributed by atoms with Crippen LogP contribution >= 0.6 is 0 Å². The lowest BCUT2D eigenvalue weighted by Gasteiger charge is -2.54. The lowest BCUT2D eigenvalue weighted by molar-refractivity contribution is -0.217. The number of fused-ring (bicyclic) bond motifs is 1. The van der Waals surface area contributed by atoms with Gasteiger partial charge in [-0.15, -0.1) is 0 Å². The topological polar surface area (TPSA) is 152 Å². The molecule has 10 nitrogen and oxygen atoms in total. The summed E-state index contributed by atoms with van der Waals surface area (Å²) in [5.41, 5.74) is -5.64. The van der Waals surface area contributed by atoms with Gasteiger partial charge in [-0.05, 0) is 26.8 Å². The van der Waals surface area contributed by atoms with Gasteiger partial charge in [0.2, 0.25) is 0 Å². The largest absolute Gasteiger partial charge is 0.459 e. The van der Waals surface area contributed by atoms with E-state index in [1.807, 2.05) is 0 Å². The minimum absolute atomic E-state index is 0.112. The molecule has 2 fully saturated rings. The lowest BCUT2D eigenvalue weighted by atomic mass is 9.55. The molecule has 188 valence electrons. The van der Waals surface area contributed by atoms with Gasteiger partial charge in [-0.25, -0.2) is 4.79 Å². The highest BCUT2D eigenvalue weighted by Crippen LogP contribution is 2.65. The molecule has 4 rings (SSSR count). The number of aliphatic hydroxyl groups is 3. The summed E-state index contributed by atoms with van der Waals surface area (Å²) in [7, 11) is 0. The highest BCUT2D eigenvalue weighted by atomic mass is 16.7. The van der Waals surface area contributed by atoms with Crippen molar-refractivity contribution in [1.29, 1.82) is 0 Å². The molecule has 10 heteroatoms. The summed E-state index contributed by atoms with van der Waals surface area (Å²) in [6.45, 7) is 8.66. The first-order valence-electron chi connectivity index (χ1n) is 11.3. The van der Waals surface area contributed by atoms with E-state index in [1.54, 1.807) is 19.9 Å². The van der Waals surface area contributed by atoms with Crippen LogP contribution in [-0.2, 0) is 33.3 Å². The Hall–Kier alpha value is -2.27. The summed E-state index contributed by atoms with van der Waals surface area (Å²) >= 11 is 0. The van der Waals surface area contributed by atoms with Gasteiger partial charge in [0.1, 0.15) is 24.4 Å². The number of hydrogen-bond donors (Lipinski definition) is 3. The zero-order chi connectivity index (χ0) is 25.4. The number of aliphatic hydroxyl groups excluding tert-OH is 2. The molecule has 2 heterocycles. The van der Waals surface area contributed by atoms with Gasteiger partial charge in [0.25, 0.3) is 0 Å². The Morgan fingerprint density at radius 1 is 1.12 bits per heavy atom. The lowest BCUT2D eigenvalue weighted by Crippen LogP contribution is -2.67. The number of carbonyl (C=O) groups excluding carboxylic acids is 3. The third kappa shape index (κ3) is 3.26. The normalized spacial score (nSPS) is 51.1. The summed E-state index contributed by atoms with van der Waals surface area (Å²) in [5, 5.41) is 33.9. The number of hydrogen-bond acceptors (Lipinski definition) is 10. The molecular weight excluding hydrogens is 448 g/mol. The standard InChI is InChI=1S/C24H32O10/c1-11-9-14(31-12(2)25)18(28)21(4)8-7-15(27)22(5,30)17(21)19(32-13(3)26)24-16(10-11)33-20(29)23(24,6)34-24/h7-8,10,14-19,27-28,30H,9H2,1-6H3/b11-10-/t14-,15-,16+,17-,18+,19-,21-,22-,23+,24?/m1/s1. The predicted molar refractivity (Wildman–Crippen MR) is 115 cm³/mol.